The zero-order chi connectivity index (χ0) is 15.7. The van der Waals surface area contributed by atoms with Crippen LogP contribution in [0.5, 0.6) is 0 Å². The molecule has 0 radical (unpaired) electrons. The molecule has 0 spiro atoms. The van der Waals surface area contributed by atoms with Gasteiger partial charge in [-0.2, -0.15) is 0 Å². The first-order chi connectivity index (χ1) is 10.6. The molecule has 0 fully saturated rings. The van der Waals surface area contributed by atoms with Crippen molar-refractivity contribution in [3.05, 3.63) is 57.5 Å². The van der Waals surface area contributed by atoms with Crippen molar-refractivity contribution >= 4 is 28.2 Å². The maximum absolute atomic E-state index is 12.6. The molecule has 22 heavy (non-hydrogen) atoms. The molecule has 0 aliphatic carbocycles. The number of fused-ring (bicyclic) bond motifs is 1. The normalized spacial score (nSPS) is 11.0. The van der Waals surface area contributed by atoms with Crippen LogP contribution in [0.3, 0.4) is 0 Å². The second kappa shape index (κ2) is 5.97. The summed E-state index contributed by atoms with van der Waals surface area (Å²) in [4.78, 5) is 15.2. The molecule has 3 nitrogen and oxygen atoms in total. The van der Waals surface area contributed by atoms with Crippen LogP contribution in [-0.2, 0) is 13.0 Å². The van der Waals surface area contributed by atoms with Gasteiger partial charge < -0.3 is 9.32 Å². The van der Waals surface area contributed by atoms with Crippen molar-refractivity contribution < 1.29 is 9.21 Å². The molecular formula is C18H19NO2S. The summed E-state index contributed by atoms with van der Waals surface area (Å²) in [5, 5.41) is 3.06. The third-order valence-corrected chi connectivity index (χ3v) is 4.91. The van der Waals surface area contributed by atoms with E-state index in [0.29, 0.717) is 6.54 Å². The van der Waals surface area contributed by atoms with E-state index < -0.39 is 0 Å². The number of aryl methyl sites for hydroxylation is 2. The average molecular weight is 313 g/mol. The number of carbonyl (C=O) groups is 1. The number of carbonyl (C=O) groups excluding carboxylic acids is 1. The predicted molar refractivity (Wildman–Crippen MR) is 90.4 cm³/mol. The number of hydrogen-bond acceptors (Lipinski definition) is 3. The Balaban J connectivity index is 1.92. The van der Waals surface area contributed by atoms with Crippen LogP contribution in [0.4, 0.5) is 0 Å². The average Bonchev–Trinajstić information content (AvgIpc) is 3.10. The molecule has 0 aliphatic heterocycles. The fraction of sp³-hybridized carbons (Fsp3) is 0.278. The fourth-order valence-corrected chi connectivity index (χ4v) is 3.60. The predicted octanol–water partition coefficient (Wildman–Crippen LogP) is 4.64. The molecule has 3 aromatic rings. The zero-order valence-electron chi connectivity index (χ0n) is 13.1. The quantitative estimate of drug-likeness (QED) is 0.703. The third-order valence-electron chi connectivity index (χ3n) is 3.90. The van der Waals surface area contributed by atoms with Crippen LogP contribution in [0, 0.1) is 6.92 Å². The number of hydrogen-bond donors (Lipinski definition) is 0. The standard InChI is InChI=1S/C18H19NO2S/c1-4-15-14(13-7-5-6-8-16(13)21-15)11-19(3)18(20)17-12(2)9-10-22-17/h5-10H,4,11H2,1-3H3. The Morgan fingerprint density at radius 3 is 2.73 bits per heavy atom. The molecule has 0 atom stereocenters. The maximum atomic E-state index is 12.6. The number of para-hydroxylation sites is 1. The molecule has 0 saturated carbocycles. The molecule has 4 heteroatoms. The van der Waals surface area contributed by atoms with Gasteiger partial charge >= 0.3 is 0 Å². The number of benzene rings is 1. The van der Waals surface area contributed by atoms with Crippen molar-refractivity contribution in [3.63, 3.8) is 0 Å². The van der Waals surface area contributed by atoms with E-state index in [-0.39, 0.29) is 5.91 Å². The number of rotatable bonds is 4. The van der Waals surface area contributed by atoms with Crippen LogP contribution in [0.2, 0.25) is 0 Å². The highest BCUT2D eigenvalue weighted by Gasteiger charge is 2.19. The summed E-state index contributed by atoms with van der Waals surface area (Å²) in [5.74, 6) is 1.03. The van der Waals surface area contributed by atoms with Crippen LogP contribution >= 0.6 is 11.3 Å². The minimum Gasteiger partial charge on any atom is -0.461 e. The van der Waals surface area contributed by atoms with Crippen molar-refractivity contribution in [1.82, 2.24) is 4.90 Å². The summed E-state index contributed by atoms with van der Waals surface area (Å²) in [5.41, 5.74) is 3.04. The van der Waals surface area contributed by atoms with Crippen LogP contribution in [0.1, 0.15) is 33.5 Å². The van der Waals surface area contributed by atoms with Crippen LogP contribution < -0.4 is 0 Å². The van der Waals surface area contributed by atoms with Gasteiger partial charge in [-0.1, -0.05) is 25.1 Å². The first kappa shape index (κ1) is 14.9. The van der Waals surface area contributed by atoms with Crippen molar-refractivity contribution in [1.29, 1.82) is 0 Å². The Hall–Kier alpha value is -2.07. The Morgan fingerprint density at radius 1 is 1.27 bits per heavy atom. The Bertz CT molecular complexity index is 815. The molecule has 0 unspecified atom stereocenters. The van der Waals surface area contributed by atoms with Gasteiger partial charge in [0.2, 0.25) is 0 Å². The fourth-order valence-electron chi connectivity index (χ4n) is 2.68. The summed E-state index contributed by atoms with van der Waals surface area (Å²) < 4.78 is 5.91. The molecule has 2 heterocycles. The van der Waals surface area contributed by atoms with E-state index in [9.17, 15) is 4.79 Å². The van der Waals surface area contributed by atoms with Crippen molar-refractivity contribution in [3.8, 4) is 0 Å². The van der Waals surface area contributed by atoms with Crippen molar-refractivity contribution in [2.24, 2.45) is 0 Å². The second-order valence-electron chi connectivity index (χ2n) is 5.45. The van der Waals surface area contributed by atoms with Crippen molar-refractivity contribution in [2.75, 3.05) is 7.05 Å². The van der Waals surface area contributed by atoms with Gasteiger partial charge in [-0.25, -0.2) is 0 Å². The number of nitrogens with zero attached hydrogens (tertiary/aromatic N) is 1. The topological polar surface area (TPSA) is 33.5 Å². The molecule has 0 saturated heterocycles. The van der Waals surface area contributed by atoms with Crippen molar-refractivity contribution in [2.45, 2.75) is 26.8 Å². The highest BCUT2D eigenvalue weighted by molar-refractivity contribution is 7.12. The van der Waals surface area contributed by atoms with Gasteiger partial charge in [0.15, 0.2) is 0 Å². The number of amides is 1. The van der Waals surface area contributed by atoms with Gasteiger partial charge in [-0.15, -0.1) is 11.3 Å². The largest absolute Gasteiger partial charge is 0.461 e. The highest BCUT2D eigenvalue weighted by atomic mass is 32.1. The summed E-state index contributed by atoms with van der Waals surface area (Å²) >= 11 is 1.50. The second-order valence-corrected chi connectivity index (χ2v) is 6.36. The van der Waals surface area contributed by atoms with E-state index in [1.165, 1.54) is 11.3 Å². The van der Waals surface area contributed by atoms with Crippen LogP contribution in [0.15, 0.2) is 40.1 Å². The minimum absolute atomic E-state index is 0.0693. The maximum Gasteiger partial charge on any atom is 0.264 e. The van der Waals surface area contributed by atoms with E-state index in [1.54, 1.807) is 4.90 Å². The summed E-state index contributed by atoms with van der Waals surface area (Å²) in [6.07, 6.45) is 0.823. The monoisotopic (exact) mass is 313 g/mol. The summed E-state index contributed by atoms with van der Waals surface area (Å²) in [6.45, 7) is 4.62. The Morgan fingerprint density at radius 2 is 2.05 bits per heavy atom. The van der Waals surface area contributed by atoms with Crippen LogP contribution in [-0.4, -0.2) is 17.9 Å². The zero-order valence-corrected chi connectivity index (χ0v) is 13.9. The lowest BCUT2D eigenvalue weighted by Gasteiger charge is -2.17. The van der Waals surface area contributed by atoms with E-state index in [0.717, 1.165) is 39.2 Å². The SMILES string of the molecule is CCc1oc2ccccc2c1CN(C)C(=O)c1sccc1C. The summed E-state index contributed by atoms with van der Waals surface area (Å²) in [7, 11) is 1.85. The van der Waals surface area contributed by atoms with E-state index in [4.69, 9.17) is 4.42 Å². The molecule has 1 amide bonds. The van der Waals surface area contributed by atoms with Gasteiger partial charge in [0, 0.05) is 31.0 Å². The molecule has 0 bridgehead atoms. The minimum atomic E-state index is 0.0693. The van der Waals surface area contributed by atoms with E-state index >= 15 is 0 Å². The lowest BCUT2D eigenvalue weighted by atomic mass is 10.1. The lowest BCUT2D eigenvalue weighted by molar-refractivity contribution is 0.0789. The van der Waals surface area contributed by atoms with E-state index in [1.807, 2.05) is 43.6 Å². The molecule has 0 aliphatic rings. The van der Waals surface area contributed by atoms with Gasteiger partial charge in [0.05, 0.1) is 4.88 Å². The molecular weight excluding hydrogens is 294 g/mol. The van der Waals surface area contributed by atoms with Gasteiger partial charge in [-0.3, -0.25) is 4.79 Å². The Kier molecular flexibility index (Phi) is 4.03. The smallest absolute Gasteiger partial charge is 0.264 e. The summed E-state index contributed by atoms with van der Waals surface area (Å²) in [6, 6.07) is 9.99. The lowest BCUT2D eigenvalue weighted by Crippen LogP contribution is -2.26. The van der Waals surface area contributed by atoms with Gasteiger partial charge in [-0.05, 0) is 30.0 Å². The van der Waals surface area contributed by atoms with Gasteiger partial charge in [0.25, 0.3) is 5.91 Å². The molecule has 1 aromatic carbocycles. The van der Waals surface area contributed by atoms with E-state index in [2.05, 4.69) is 13.0 Å². The molecule has 114 valence electrons. The highest BCUT2D eigenvalue weighted by Crippen LogP contribution is 2.28. The Labute approximate surface area is 134 Å². The molecule has 3 rings (SSSR count). The number of thiophene rings is 1. The first-order valence-electron chi connectivity index (χ1n) is 7.40. The van der Waals surface area contributed by atoms with Crippen LogP contribution in [0.25, 0.3) is 11.0 Å². The first-order valence-corrected chi connectivity index (χ1v) is 8.28. The number of furan rings is 1. The third kappa shape index (κ3) is 2.55. The molecule has 0 N–H and O–H groups in total. The molecule has 2 aromatic heterocycles. The van der Waals surface area contributed by atoms with Gasteiger partial charge in [0.1, 0.15) is 11.3 Å².